The lowest BCUT2D eigenvalue weighted by Crippen LogP contribution is -2.40. The quantitative estimate of drug-likeness (QED) is 0.428. The number of nitrogens with one attached hydrogen (secondary N) is 4. The van der Waals surface area contributed by atoms with Crippen LogP contribution >= 0.6 is 0 Å². The number of hydrogen-bond donors (Lipinski definition) is 4. The van der Waals surface area contributed by atoms with E-state index in [2.05, 4.69) is 36.5 Å². The number of alkyl halides is 3. The number of fused-ring (bicyclic) bond motifs is 1. The predicted octanol–water partition coefficient (Wildman–Crippen LogP) is 3.61. The number of carbonyl (C=O) groups excluding carboxylic acids is 1. The number of hydrogen-bond acceptors (Lipinski definition) is 7. The molecule has 2 aromatic carbocycles. The van der Waals surface area contributed by atoms with Crippen LogP contribution in [-0.4, -0.2) is 35.8 Å². The molecular formula is C25H22F3N7O2. The summed E-state index contributed by atoms with van der Waals surface area (Å²) >= 11 is 0. The van der Waals surface area contributed by atoms with E-state index in [-0.39, 0.29) is 17.4 Å². The molecule has 3 aromatic rings. The fourth-order valence-electron chi connectivity index (χ4n) is 4.04. The van der Waals surface area contributed by atoms with E-state index in [0.29, 0.717) is 11.4 Å². The molecule has 1 amide bonds. The fraction of sp³-hybridized carbons (Fsp3) is 0.200. The molecule has 9 nitrogen and oxygen atoms in total. The molecule has 3 heterocycles. The zero-order chi connectivity index (χ0) is 26.2. The van der Waals surface area contributed by atoms with Gasteiger partial charge in [0.25, 0.3) is 5.91 Å². The number of carbonyl (C=O) groups is 1. The molecule has 1 aromatic heterocycles. The summed E-state index contributed by atoms with van der Waals surface area (Å²) in [5.41, 5.74) is 6.26. The first kappa shape index (κ1) is 24.3. The second kappa shape index (κ2) is 9.21. The van der Waals surface area contributed by atoms with Gasteiger partial charge in [-0.15, -0.1) is 0 Å². The monoisotopic (exact) mass is 509 g/mol. The average Bonchev–Trinajstić information content (AvgIpc) is 3.21. The van der Waals surface area contributed by atoms with Crippen LogP contribution in [0.5, 0.6) is 0 Å². The van der Waals surface area contributed by atoms with Gasteiger partial charge in [-0.25, -0.2) is 4.99 Å². The van der Waals surface area contributed by atoms with Crippen LogP contribution in [0.1, 0.15) is 29.3 Å². The lowest BCUT2D eigenvalue weighted by Gasteiger charge is -2.24. The fourth-order valence-corrected chi connectivity index (χ4v) is 4.04. The van der Waals surface area contributed by atoms with Crippen LogP contribution < -0.4 is 21.5 Å². The lowest BCUT2D eigenvalue weighted by atomic mass is 10.0. The molecule has 1 saturated heterocycles. The third-order valence-corrected chi connectivity index (χ3v) is 5.86. The largest absolute Gasteiger partial charge is 0.435 e. The number of aliphatic imine (C=N–C) groups is 2. The highest BCUT2D eigenvalue weighted by Gasteiger charge is 2.42. The Morgan fingerprint density at radius 1 is 1.11 bits per heavy atom. The summed E-state index contributed by atoms with van der Waals surface area (Å²) in [6.07, 6.45) is -5.03. The minimum Gasteiger partial charge on any atom is -0.435 e. The molecule has 0 aliphatic carbocycles. The summed E-state index contributed by atoms with van der Waals surface area (Å²) < 4.78 is 45.4. The van der Waals surface area contributed by atoms with Crippen molar-refractivity contribution in [1.82, 2.24) is 15.8 Å². The molecule has 0 spiro atoms. The van der Waals surface area contributed by atoms with Gasteiger partial charge in [-0.3, -0.25) is 15.2 Å². The highest BCUT2D eigenvalue weighted by atomic mass is 19.4. The van der Waals surface area contributed by atoms with E-state index in [4.69, 9.17) is 4.74 Å². The number of ether oxygens (including phenoxy) is 1. The van der Waals surface area contributed by atoms with Crippen molar-refractivity contribution in [3.63, 3.8) is 0 Å². The van der Waals surface area contributed by atoms with Gasteiger partial charge in [0.1, 0.15) is 5.69 Å². The molecule has 0 radical (unpaired) electrons. The third kappa shape index (κ3) is 4.70. The maximum absolute atomic E-state index is 13.2. The standard InChI is InChI=1S/C25H22F3N7O2/c1-24(20-18(29-2)12-15(13-30-20)25(26,27)28)35-34-23(37-24)33-21-22(36)31-17-11-7-6-10-16(17)19(32-21)14-8-4-3-5-9-14/h3-13,21,29,35H,1-2H3,(H,31,36)(H,33,34)/t21-,24?/m1/s1. The maximum atomic E-state index is 13.2. The minimum atomic E-state index is -4.55. The van der Waals surface area contributed by atoms with Crippen LogP contribution in [0.15, 0.2) is 76.8 Å². The van der Waals surface area contributed by atoms with Gasteiger partial charge in [-0.2, -0.15) is 23.6 Å². The van der Waals surface area contributed by atoms with Gasteiger partial charge in [-0.05, 0) is 19.1 Å². The van der Waals surface area contributed by atoms with Crippen molar-refractivity contribution in [2.24, 2.45) is 9.98 Å². The third-order valence-electron chi connectivity index (χ3n) is 5.86. The summed E-state index contributed by atoms with van der Waals surface area (Å²) in [6, 6.07) is 17.5. The van der Waals surface area contributed by atoms with Gasteiger partial charge >= 0.3 is 12.2 Å². The molecule has 2 aliphatic rings. The van der Waals surface area contributed by atoms with Crippen molar-refractivity contribution < 1.29 is 22.7 Å². The Hall–Kier alpha value is -4.45. The molecule has 2 aliphatic heterocycles. The molecule has 1 fully saturated rings. The Kier molecular flexibility index (Phi) is 6.04. The Balaban J connectivity index is 1.49. The van der Waals surface area contributed by atoms with Gasteiger partial charge in [0.2, 0.25) is 11.9 Å². The van der Waals surface area contributed by atoms with Crippen molar-refractivity contribution in [1.29, 1.82) is 0 Å². The second-order valence-electron chi connectivity index (χ2n) is 8.44. The van der Waals surface area contributed by atoms with Crippen LogP contribution in [-0.2, 0) is 21.4 Å². The van der Waals surface area contributed by atoms with E-state index >= 15 is 0 Å². The minimum absolute atomic E-state index is 0.0754. The maximum Gasteiger partial charge on any atom is 0.417 e. The molecule has 0 bridgehead atoms. The molecule has 0 saturated carbocycles. The number of halogens is 3. The van der Waals surface area contributed by atoms with Crippen molar-refractivity contribution >= 4 is 29.0 Å². The van der Waals surface area contributed by atoms with Crippen LogP contribution in [0.4, 0.5) is 24.5 Å². The zero-order valence-corrected chi connectivity index (χ0v) is 19.7. The molecule has 2 atom stereocenters. The normalized spacial score (nSPS) is 22.3. The van der Waals surface area contributed by atoms with Crippen LogP contribution in [0.3, 0.4) is 0 Å². The second-order valence-corrected chi connectivity index (χ2v) is 8.44. The number of hydrazine groups is 1. The highest BCUT2D eigenvalue weighted by Crippen LogP contribution is 2.35. The summed E-state index contributed by atoms with van der Waals surface area (Å²) in [5, 5.41) is 5.56. The van der Waals surface area contributed by atoms with Gasteiger partial charge in [0.05, 0.1) is 22.6 Å². The Morgan fingerprint density at radius 2 is 1.84 bits per heavy atom. The number of pyridine rings is 1. The van der Waals surface area contributed by atoms with Gasteiger partial charge in [-0.1, -0.05) is 48.5 Å². The molecule has 4 N–H and O–H groups in total. The Morgan fingerprint density at radius 3 is 2.57 bits per heavy atom. The van der Waals surface area contributed by atoms with Crippen molar-refractivity contribution in [2.75, 3.05) is 17.7 Å². The molecule has 12 heteroatoms. The van der Waals surface area contributed by atoms with Crippen molar-refractivity contribution in [3.8, 4) is 0 Å². The Labute approximate surface area is 209 Å². The van der Waals surface area contributed by atoms with E-state index in [1.54, 1.807) is 19.1 Å². The Bertz CT molecular complexity index is 1410. The number of anilines is 2. The number of amidine groups is 1. The van der Waals surface area contributed by atoms with E-state index in [0.717, 1.165) is 23.4 Å². The zero-order valence-electron chi connectivity index (χ0n) is 19.7. The number of benzodiazepines with no additional fused rings is 1. The number of aromatic nitrogens is 1. The van der Waals surface area contributed by atoms with E-state index in [9.17, 15) is 18.0 Å². The average molecular weight is 509 g/mol. The van der Waals surface area contributed by atoms with Gasteiger partial charge in [0, 0.05) is 24.4 Å². The molecule has 1 unspecified atom stereocenters. The van der Waals surface area contributed by atoms with Crippen LogP contribution in [0.25, 0.3) is 0 Å². The van der Waals surface area contributed by atoms with Gasteiger partial charge in [0.15, 0.2) is 0 Å². The first-order valence-corrected chi connectivity index (χ1v) is 11.3. The number of para-hydroxylation sites is 1. The summed E-state index contributed by atoms with van der Waals surface area (Å²) in [4.78, 5) is 26.0. The smallest absolute Gasteiger partial charge is 0.417 e. The van der Waals surface area contributed by atoms with Crippen LogP contribution in [0.2, 0.25) is 0 Å². The first-order chi connectivity index (χ1) is 17.7. The number of amides is 1. The molecule has 37 heavy (non-hydrogen) atoms. The van der Waals surface area contributed by atoms with E-state index in [1.807, 2.05) is 42.5 Å². The van der Waals surface area contributed by atoms with Crippen molar-refractivity contribution in [2.45, 2.75) is 25.0 Å². The number of rotatable bonds is 4. The molecule has 190 valence electrons. The highest BCUT2D eigenvalue weighted by molar-refractivity contribution is 6.19. The van der Waals surface area contributed by atoms with Gasteiger partial charge < -0.3 is 15.4 Å². The van der Waals surface area contributed by atoms with E-state index in [1.165, 1.54) is 7.05 Å². The SMILES string of the molecule is CNc1cc(C(F)(F)F)cnc1C1(C)NN/C(=N\[C@H]2N=C(c3ccccc3)c3ccccc3NC2=O)O1. The topological polar surface area (TPSA) is 112 Å². The summed E-state index contributed by atoms with van der Waals surface area (Å²) in [7, 11) is 1.48. The molecule has 5 rings (SSSR count). The number of benzene rings is 2. The van der Waals surface area contributed by atoms with Crippen LogP contribution in [0, 0.1) is 0 Å². The molecular weight excluding hydrogens is 487 g/mol. The summed E-state index contributed by atoms with van der Waals surface area (Å²) in [6.45, 7) is 1.57. The van der Waals surface area contributed by atoms with Crippen molar-refractivity contribution in [3.05, 3.63) is 89.2 Å². The van der Waals surface area contributed by atoms with E-state index < -0.39 is 29.5 Å². The predicted molar refractivity (Wildman–Crippen MR) is 132 cm³/mol. The summed E-state index contributed by atoms with van der Waals surface area (Å²) in [5.74, 6) is -0.478. The lowest BCUT2D eigenvalue weighted by molar-refractivity contribution is -0.137. The first-order valence-electron chi connectivity index (χ1n) is 11.3. The number of nitrogens with zero attached hydrogens (tertiary/aromatic N) is 3.